The number of Topliss-reactive ketones (excluding diaryl/α,β-unsaturated/α-hetero) is 1. The second kappa shape index (κ2) is 5.67. The smallest absolute Gasteiger partial charge is 0.491 e. The summed E-state index contributed by atoms with van der Waals surface area (Å²) in [5, 5.41) is 0. The van der Waals surface area contributed by atoms with E-state index in [2.05, 4.69) is 4.74 Å². The summed E-state index contributed by atoms with van der Waals surface area (Å²) in [6, 6.07) is 6.22. The predicted molar refractivity (Wildman–Crippen MR) is 53.9 cm³/mol. The molecular formula is C11H11F3O3. The van der Waals surface area contributed by atoms with E-state index in [4.69, 9.17) is 4.74 Å². The van der Waals surface area contributed by atoms with E-state index in [0.717, 1.165) is 0 Å². The first-order chi connectivity index (χ1) is 7.88. The van der Waals surface area contributed by atoms with E-state index >= 15 is 0 Å². The van der Waals surface area contributed by atoms with Gasteiger partial charge in [0.1, 0.15) is 12.4 Å². The topological polar surface area (TPSA) is 35.5 Å². The standard InChI is InChI=1S/C11H11F3O3/c1-8(15)9-3-2-4-10(7-9)16-5-6-17-11(12,13)14/h2-4,7H,5-6H2,1H3. The van der Waals surface area contributed by atoms with Crippen molar-refractivity contribution in [3.05, 3.63) is 29.8 Å². The Labute approximate surface area is 96.1 Å². The Hall–Kier alpha value is -1.56. The fraction of sp³-hybridized carbons (Fsp3) is 0.364. The molecule has 0 aliphatic rings. The molecule has 0 atom stereocenters. The summed E-state index contributed by atoms with van der Waals surface area (Å²) >= 11 is 0. The van der Waals surface area contributed by atoms with Gasteiger partial charge in [0.2, 0.25) is 0 Å². The number of hydrogen-bond donors (Lipinski definition) is 0. The van der Waals surface area contributed by atoms with Crippen molar-refractivity contribution in [2.75, 3.05) is 13.2 Å². The van der Waals surface area contributed by atoms with Crippen LogP contribution in [0.1, 0.15) is 17.3 Å². The number of benzene rings is 1. The number of rotatable bonds is 5. The van der Waals surface area contributed by atoms with Crippen LogP contribution < -0.4 is 4.74 Å². The predicted octanol–water partition coefficient (Wildman–Crippen LogP) is 2.80. The van der Waals surface area contributed by atoms with Crippen LogP contribution in [0.5, 0.6) is 5.75 Å². The Balaban J connectivity index is 2.42. The highest BCUT2D eigenvalue weighted by molar-refractivity contribution is 5.94. The first-order valence-corrected chi connectivity index (χ1v) is 4.83. The summed E-state index contributed by atoms with van der Waals surface area (Å²) in [6.07, 6.45) is -4.65. The second-order valence-corrected chi connectivity index (χ2v) is 3.23. The molecule has 0 N–H and O–H groups in total. The molecule has 0 aliphatic heterocycles. The number of ether oxygens (including phenoxy) is 2. The van der Waals surface area contributed by atoms with E-state index in [0.29, 0.717) is 11.3 Å². The lowest BCUT2D eigenvalue weighted by molar-refractivity contribution is -0.325. The van der Waals surface area contributed by atoms with E-state index in [9.17, 15) is 18.0 Å². The number of carbonyl (C=O) groups is 1. The van der Waals surface area contributed by atoms with Gasteiger partial charge in [-0.3, -0.25) is 9.53 Å². The van der Waals surface area contributed by atoms with Crippen molar-refractivity contribution in [2.45, 2.75) is 13.3 Å². The van der Waals surface area contributed by atoms with Crippen LogP contribution in [0.2, 0.25) is 0 Å². The highest BCUT2D eigenvalue weighted by Gasteiger charge is 2.28. The molecule has 0 unspecified atom stereocenters. The lowest BCUT2D eigenvalue weighted by Gasteiger charge is -2.09. The minimum atomic E-state index is -4.65. The Kier molecular flexibility index (Phi) is 4.51. The Bertz CT molecular complexity index is 388. The van der Waals surface area contributed by atoms with Gasteiger partial charge in [-0.15, -0.1) is 13.2 Å². The maximum absolute atomic E-state index is 11.6. The summed E-state index contributed by atoms with van der Waals surface area (Å²) in [6.45, 7) is 0.570. The van der Waals surface area contributed by atoms with Crippen LogP contribution in [-0.4, -0.2) is 25.4 Å². The van der Waals surface area contributed by atoms with Crippen molar-refractivity contribution in [3.8, 4) is 5.75 Å². The molecule has 0 amide bonds. The van der Waals surface area contributed by atoms with Crippen LogP contribution in [0.3, 0.4) is 0 Å². The zero-order chi connectivity index (χ0) is 12.9. The third-order valence-corrected chi connectivity index (χ3v) is 1.86. The molecular weight excluding hydrogens is 237 g/mol. The SMILES string of the molecule is CC(=O)c1cccc(OCCOC(F)(F)F)c1. The molecule has 3 nitrogen and oxygen atoms in total. The first kappa shape index (κ1) is 13.5. The molecule has 0 spiro atoms. The van der Waals surface area contributed by atoms with Crippen LogP contribution in [0.25, 0.3) is 0 Å². The van der Waals surface area contributed by atoms with Gasteiger partial charge in [0.05, 0.1) is 6.61 Å². The van der Waals surface area contributed by atoms with Crippen LogP contribution in [0.4, 0.5) is 13.2 Å². The molecule has 0 saturated carbocycles. The van der Waals surface area contributed by atoms with Crippen LogP contribution >= 0.6 is 0 Å². The molecule has 17 heavy (non-hydrogen) atoms. The van der Waals surface area contributed by atoms with Crippen LogP contribution in [0, 0.1) is 0 Å². The largest absolute Gasteiger partial charge is 0.522 e. The van der Waals surface area contributed by atoms with E-state index in [1.807, 2.05) is 0 Å². The molecule has 0 aliphatic carbocycles. The molecule has 0 bridgehead atoms. The quantitative estimate of drug-likeness (QED) is 0.593. The number of alkyl halides is 3. The third-order valence-electron chi connectivity index (χ3n) is 1.86. The molecule has 0 radical (unpaired) electrons. The monoisotopic (exact) mass is 248 g/mol. The number of ketones is 1. The van der Waals surface area contributed by atoms with E-state index in [-0.39, 0.29) is 12.4 Å². The fourth-order valence-corrected chi connectivity index (χ4v) is 1.12. The van der Waals surface area contributed by atoms with Gasteiger partial charge in [-0.1, -0.05) is 12.1 Å². The van der Waals surface area contributed by atoms with Crippen molar-refractivity contribution < 1.29 is 27.4 Å². The molecule has 1 rings (SSSR count). The van der Waals surface area contributed by atoms with Crippen molar-refractivity contribution in [1.82, 2.24) is 0 Å². The number of hydrogen-bond acceptors (Lipinski definition) is 3. The minimum absolute atomic E-state index is 0.137. The Morgan fingerprint density at radius 2 is 2.00 bits per heavy atom. The minimum Gasteiger partial charge on any atom is -0.491 e. The van der Waals surface area contributed by atoms with Gasteiger partial charge < -0.3 is 4.74 Å². The third kappa shape index (κ3) is 5.35. The number of halogens is 3. The van der Waals surface area contributed by atoms with E-state index in [1.54, 1.807) is 18.2 Å². The highest BCUT2D eigenvalue weighted by Crippen LogP contribution is 2.17. The van der Waals surface area contributed by atoms with Crippen LogP contribution in [0.15, 0.2) is 24.3 Å². The van der Waals surface area contributed by atoms with Crippen molar-refractivity contribution in [1.29, 1.82) is 0 Å². The fourth-order valence-electron chi connectivity index (χ4n) is 1.12. The van der Waals surface area contributed by atoms with Gasteiger partial charge in [-0.2, -0.15) is 0 Å². The highest BCUT2D eigenvalue weighted by atomic mass is 19.4. The average molecular weight is 248 g/mol. The summed E-state index contributed by atoms with van der Waals surface area (Å²) in [5.74, 6) is 0.200. The molecule has 0 fully saturated rings. The van der Waals surface area contributed by atoms with Gasteiger partial charge in [-0.05, 0) is 19.1 Å². The molecule has 1 aromatic rings. The van der Waals surface area contributed by atoms with Gasteiger partial charge in [-0.25, -0.2) is 0 Å². The zero-order valence-corrected chi connectivity index (χ0v) is 9.08. The summed E-state index contributed by atoms with van der Waals surface area (Å²) in [7, 11) is 0. The van der Waals surface area contributed by atoms with Gasteiger partial charge in [0.15, 0.2) is 5.78 Å². The molecule has 94 valence electrons. The summed E-state index contributed by atoms with van der Waals surface area (Å²) in [5.41, 5.74) is 0.444. The van der Waals surface area contributed by atoms with Crippen molar-refractivity contribution >= 4 is 5.78 Å². The maximum atomic E-state index is 11.6. The lowest BCUT2D eigenvalue weighted by Crippen LogP contribution is -2.18. The first-order valence-electron chi connectivity index (χ1n) is 4.83. The lowest BCUT2D eigenvalue weighted by atomic mass is 10.1. The van der Waals surface area contributed by atoms with Crippen LogP contribution in [-0.2, 0) is 4.74 Å². The molecule has 0 saturated heterocycles. The number of carbonyl (C=O) groups excluding carboxylic acids is 1. The van der Waals surface area contributed by atoms with E-state index in [1.165, 1.54) is 13.0 Å². The normalized spacial score (nSPS) is 11.3. The average Bonchev–Trinajstić information content (AvgIpc) is 2.23. The van der Waals surface area contributed by atoms with Crippen molar-refractivity contribution in [3.63, 3.8) is 0 Å². The molecule has 0 heterocycles. The molecule has 6 heteroatoms. The summed E-state index contributed by atoms with van der Waals surface area (Å²) < 4.78 is 43.4. The van der Waals surface area contributed by atoms with Gasteiger partial charge in [0.25, 0.3) is 0 Å². The summed E-state index contributed by atoms with van der Waals surface area (Å²) in [4.78, 5) is 11.0. The van der Waals surface area contributed by atoms with Crippen molar-refractivity contribution in [2.24, 2.45) is 0 Å². The maximum Gasteiger partial charge on any atom is 0.522 e. The van der Waals surface area contributed by atoms with E-state index < -0.39 is 13.0 Å². The second-order valence-electron chi connectivity index (χ2n) is 3.23. The molecule has 0 aromatic heterocycles. The van der Waals surface area contributed by atoms with Gasteiger partial charge in [0, 0.05) is 5.56 Å². The Morgan fingerprint density at radius 1 is 1.29 bits per heavy atom. The molecule has 1 aromatic carbocycles. The zero-order valence-electron chi connectivity index (χ0n) is 9.08. The van der Waals surface area contributed by atoms with Gasteiger partial charge >= 0.3 is 6.36 Å². The Morgan fingerprint density at radius 3 is 2.59 bits per heavy atom.